The molecule has 0 bridgehead atoms. The molecule has 0 saturated heterocycles. The molecule has 6 nitrogen and oxygen atoms in total. The van der Waals surface area contributed by atoms with E-state index in [9.17, 15) is 4.79 Å². The molecule has 0 atom stereocenters. The van der Waals surface area contributed by atoms with E-state index in [0.717, 1.165) is 17.6 Å². The zero-order chi connectivity index (χ0) is 13.2. The molecule has 6 heteroatoms. The van der Waals surface area contributed by atoms with Crippen LogP contribution in [-0.4, -0.2) is 25.2 Å². The highest BCUT2D eigenvalue weighted by molar-refractivity contribution is 5.90. The first kappa shape index (κ1) is 11.5. The Morgan fingerprint density at radius 3 is 2.84 bits per heavy atom. The average Bonchev–Trinajstić information content (AvgIpc) is 3.03. The monoisotopic (exact) mass is 255 g/mol. The van der Waals surface area contributed by atoms with Crippen molar-refractivity contribution < 1.29 is 4.79 Å². The van der Waals surface area contributed by atoms with Gasteiger partial charge in [0, 0.05) is 12.7 Å². The lowest BCUT2D eigenvalue weighted by Gasteiger charge is -2.04. The lowest BCUT2D eigenvalue weighted by molar-refractivity contribution is 0.0994. The minimum atomic E-state index is -0.508. The molecular formula is C13H13N5O. The summed E-state index contributed by atoms with van der Waals surface area (Å²) in [4.78, 5) is 15.3. The zero-order valence-corrected chi connectivity index (χ0v) is 10.2. The van der Waals surface area contributed by atoms with Crippen molar-refractivity contribution in [1.29, 1.82) is 0 Å². The van der Waals surface area contributed by atoms with Gasteiger partial charge < -0.3 is 10.3 Å². The number of nitrogens with two attached hydrogens (primary N) is 1. The number of para-hydroxylation sites is 2. The standard InChI is InChI=1S/C13H13N5O/c14-13(19)11-5-6-18(16-11)8-7-17-9-15-10-3-1-2-4-12(10)17/h1-6,9H,7-8H2,(H2,14,19). The smallest absolute Gasteiger partial charge is 0.269 e. The highest BCUT2D eigenvalue weighted by Gasteiger charge is 2.05. The Kier molecular flexibility index (Phi) is 2.75. The van der Waals surface area contributed by atoms with E-state index in [0.29, 0.717) is 6.54 Å². The van der Waals surface area contributed by atoms with Crippen molar-refractivity contribution in [3.05, 3.63) is 48.5 Å². The number of hydrogen-bond donors (Lipinski definition) is 1. The molecule has 2 N–H and O–H groups in total. The van der Waals surface area contributed by atoms with Crippen LogP contribution < -0.4 is 5.73 Å². The van der Waals surface area contributed by atoms with Gasteiger partial charge in [0.2, 0.25) is 0 Å². The molecule has 0 saturated carbocycles. The predicted octanol–water partition coefficient (Wildman–Crippen LogP) is 1.03. The molecule has 3 aromatic rings. The zero-order valence-electron chi connectivity index (χ0n) is 10.2. The quantitative estimate of drug-likeness (QED) is 0.756. The Labute approximate surface area is 109 Å². The van der Waals surface area contributed by atoms with Crippen LogP contribution in [0.15, 0.2) is 42.9 Å². The maximum Gasteiger partial charge on any atom is 0.269 e. The van der Waals surface area contributed by atoms with Crippen molar-refractivity contribution in [2.45, 2.75) is 13.1 Å². The number of carbonyl (C=O) groups is 1. The van der Waals surface area contributed by atoms with E-state index in [1.54, 1.807) is 16.9 Å². The topological polar surface area (TPSA) is 78.7 Å². The molecule has 0 radical (unpaired) electrons. The second kappa shape index (κ2) is 4.56. The van der Waals surface area contributed by atoms with Gasteiger partial charge in [0.25, 0.3) is 5.91 Å². The molecule has 2 aromatic heterocycles. The van der Waals surface area contributed by atoms with Gasteiger partial charge in [-0.3, -0.25) is 9.48 Å². The van der Waals surface area contributed by atoms with Gasteiger partial charge >= 0.3 is 0 Å². The summed E-state index contributed by atoms with van der Waals surface area (Å²) < 4.78 is 3.76. The Bertz CT molecular complexity index is 727. The van der Waals surface area contributed by atoms with E-state index >= 15 is 0 Å². The van der Waals surface area contributed by atoms with Crippen molar-refractivity contribution in [2.24, 2.45) is 5.73 Å². The van der Waals surface area contributed by atoms with E-state index in [-0.39, 0.29) is 5.69 Å². The molecule has 1 amide bonds. The van der Waals surface area contributed by atoms with Crippen LogP contribution >= 0.6 is 0 Å². The van der Waals surface area contributed by atoms with Crippen LogP contribution in [0.4, 0.5) is 0 Å². The number of benzene rings is 1. The van der Waals surface area contributed by atoms with E-state index in [4.69, 9.17) is 5.73 Å². The fraction of sp³-hybridized carbons (Fsp3) is 0.154. The normalized spacial score (nSPS) is 10.9. The summed E-state index contributed by atoms with van der Waals surface area (Å²) in [5, 5.41) is 4.10. The van der Waals surface area contributed by atoms with Crippen molar-refractivity contribution in [3.63, 3.8) is 0 Å². The molecule has 3 rings (SSSR count). The number of aryl methyl sites for hydroxylation is 2. The van der Waals surface area contributed by atoms with E-state index in [1.165, 1.54) is 0 Å². The lowest BCUT2D eigenvalue weighted by Crippen LogP contribution is -2.13. The highest BCUT2D eigenvalue weighted by Crippen LogP contribution is 2.11. The first-order valence-electron chi connectivity index (χ1n) is 5.97. The number of fused-ring (bicyclic) bond motifs is 1. The maximum absolute atomic E-state index is 11.0. The molecule has 1 aromatic carbocycles. The van der Waals surface area contributed by atoms with Gasteiger partial charge in [-0.05, 0) is 18.2 Å². The van der Waals surface area contributed by atoms with E-state index < -0.39 is 5.91 Å². The van der Waals surface area contributed by atoms with Crippen molar-refractivity contribution >= 4 is 16.9 Å². The van der Waals surface area contributed by atoms with Gasteiger partial charge in [-0.2, -0.15) is 5.10 Å². The first-order valence-corrected chi connectivity index (χ1v) is 5.97. The van der Waals surface area contributed by atoms with E-state index in [2.05, 4.69) is 14.6 Å². The molecule has 96 valence electrons. The lowest BCUT2D eigenvalue weighted by atomic mass is 10.3. The van der Waals surface area contributed by atoms with Crippen LogP contribution in [0, 0.1) is 0 Å². The number of amides is 1. The Morgan fingerprint density at radius 2 is 2.05 bits per heavy atom. The molecule has 0 aliphatic carbocycles. The van der Waals surface area contributed by atoms with Crippen LogP contribution in [0.25, 0.3) is 11.0 Å². The summed E-state index contributed by atoms with van der Waals surface area (Å²) in [5.74, 6) is -0.508. The van der Waals surface area contributed by atoms with Crippen molar-refractivity contribution in [2.75, 3.05) is 0 Å². The number of primary amides is 1. The third-order valence-corrected chi connectivity index (χ3v) is 2.99. The van der Waals surface area contributed by atoms with Gasteiger partial charge in [0.15, 0.2) is 0 Å². The van der Waals surface area contributed by atoms with Gasteiger partial charge in [0.05, 0.1) is 23.9 Å². The summed E-state index contributed by atoms with van der Waals surface area (Å²) in [6.45, 7) is 1.40. The van der Waals surface area contributed by atoms with E-state index in [1.807, 2.05) is 30.6 Å². The summed E-state index contributed by atoms with van der Waals surface area (Å²) in [6.07, 6.45) is 3.56. The Hall–Kier alpha value is -2.63. The number of aromatic nitrogens is 4. The highest BCUT2D eigenvalue weighted by atomic mass is 16.1. The van der Waals surface area contributed by atoms with Crippen molar-refractivity contribution in [1.82, 2.24) is 19.3 Å². The summed E-state index contributed by atoms with van der Waals surface area (Å²) in [5.41, 5.74) is 7.51. The molecule has 0 unspecified atom stereocenters. The second-order valence-corrected chi connectivity index (χ2v) is 4.25. The molecule has 0 fully saturated rings. The van der Waals surface area contributed by atoms with Gasteiger partial charge in [0.1, 0.15) is 5.69 Å². The van der Waals surface area contributed by atoms with Crippen LogP contribution in [-0.2, 0) is 13.1 Å². The SMILES string of the molecule is NC(=O)c1ccn(CCn2cnc3ccccc32)n1. The van der Waals surface area contributed by atoms with Crippen LogP contribution in [0.5, 0.6) is 0 Å². The minimum absolute atomic E-state index is 0.287. The fourth-order valence-corrected chi connectivity index (χ4v) is 2.02. The number of carbonyl (C=O) groups excluding carboxylic acids is 1. The predicted molar refractivity (Wildman–Crippen MR) is 70.5 cm³/mol. The number of hydrogen-bond acceptors (Lipinski definition) is 3. The maximum atomic E-state index is 11.0. The number of imidazole rings is 1. The summed E-state index contributed by atoms with van der Waals surface area (Å²) in [6, 6.07) is 9.57. The Morgan fingerprint density at radius 1 is 1.21 bits per heavy atom. The van der Waals surface area contributed by atoms with Crippen LogP contribution in [0.2, 0.25) is 0 Å². The first-order chi connectivity index (χ1) is 9.24. The third-order valence-electron chi connectivity index (χ3n) is 2.99. The molecular weight excluding hydrogens is 242 g/mol. The molecule has 0 aliphatic heterocycles. The van der Waals surface area contributed by atoms with Gasteiger partial charge in [-0.25, -0.2) is 4.98 Å². The average molecular weight is 255 g/mol. The summed E-state index contributed by atoms with van der Waals surface area (Å²) in [7, 11) is 0. The van der Waals surface area contributed by atoms with Crippen LogP contribution in [0.1, 0.15) is 10.5 Å². The molecule has 2 heterocycles. The molecule has 0 spiro atoms. The van der Waals surface area contributed by atoms with Crippen LogP contribution in [0.3, 0.4) is 0 Å². The summed E-state index contributed by atoms with van der Waals surface area (Å²) >= 11 is 0. The minimum Gasteiger partial charge on any atom is -0.364 e. The fourth-order valence-electron chi connectivity index (χ4n) is 2.02. The number of rotatable bonds is 4. The molecule has 19 heavy (non-hydrogen) atoms. The van der Waals surface area contributed by atoms with Gasteiger partial charge in [-0.1, -0.05) is 12.1 Å². The number of nitrogens with zero attached hydrogens (tertiary/aromatic N) is 4. The van der Waals surface area contributed by atoms with Crippen molar-refractivity contribution in [3.8, 4) is 0 Å². The van der Waals surface area contributed by atoms with Gasteiger partial charge in [-0.15, -0.1) is 0 Å². The third kappa shape index (κ3) is 2.20. The Balaban J connectivity index is 1.76. The molecule has 0 aliphatic rings. The largest absolute Gasteiger partial charge is 0.364 e. The second-order valence-electron chi connectivity index (χ2n) is 4.25.